The van der Waals surface area contributed by atoms with Gasteiger partial charge in [-0.2, -0.15) is 0 Å². The van der Waals surface area contributed by atoms with Gasteiger partial charge in [0, 0.05) is 12.6 Å². The summed E-state index contributed by atoms with van der Waals surface area (Å²) >= 11 is 0. The van der Waals surface area contributed by atoms with Gasteiger partial charge in [0.25, 0.3) is 0 Å². The van der Waals surface area contributed by atoms with E-state index in [0.717, 1.165) is 18.8 Å². The van der Waals surface area contributed by atoms with Crippen LogP contribution in [0.1, 0.15) is 12.7 Å². The molecule has 1 atom stereocenters. The number of rotatable bonds is 5. The molecule has 2 N–H and O–H groups in total. The van der Waals surface area contributed by atoms with E-state index in [9.17, 15) is 0 Å². The van der Waals surface area contributed by atoms with Crippen molar-refractivity contribution >= 4 is 0 Å². The van der Waals surface area contributed by atoms with Crippen molar-refractivity contribution in [1.82, 2.24) is 10.6 Å². The van der Waals surface area contributed by atoms with E-state index in [1.54, 1.807) is 6.26 Å². The van der Waals surface area contributed by atoms with Crippen molar-refractivity contribution in [2.75, 3.05) is 13.6 Å². The van der Waals surface area contributed by atoms with Gasteiger partial charge >= 0.3 is 0 Å². The Bertz CT molecular complexity index is 196. The Morgan fingerprint density at radius 3 is 3.00 bits per heavy atom. The second-order valence-corrected chi connectivity index (χ2v) is 2.92. The first-order chi connectivity index (χ1) is 5.83. The Kier molecular flexibility index (Phi) is 3.84. The van der Waals surface area contributed by atoms with Crippen LogP contribution in [-0.2, 0) is 6.54 Å². The lowest BCUT2D eigenvalue weighted by molar-refractivity contribution is 0.448. The Hall–Kier alpha value is -0.800. The highest BCUT2D eigenvalue weighted by molar-refractivity contribution is 4.97. The zero-order valence-corrected chi connectivity index (χ0v) is 7.63. The highest BCUT2D eigenvalue weighted by Gasteiger charge is 2.00. The highest BCUT2D eigenvalue weighted by Crippen LogP contribution is 1.98. The first-order valence-electron chi connectivity index (χ1n) is 4.23. The molecule has 0 aliphatic rings. The number of hydrogen-bond donors (Lipinski definition) is 2. The van der Waals surface area contributed by atoms with E-state index >= 15 is 0 Å². The van der Waals surface area contributed by atoms with Crippen molar-refractivity contribution in [3.8, 4) is 0 Å². The molecule has 0 saturated carbocycles. The van der Waals surface area contributed by atoms with Crippen molar-refractivity contribution in [1.29, 1.82) is 0 Å². The quantitative estimate of drug-likeness (QED) is 0.688. The average Bonchev–Trinajstić information content (AvgIpc) is 2.53. The molecule has 0 radical (unpaired) electrons. The molecule has 1 aromatic heterocycles. The summed E-state index contributed by atoms with van der Waals surface area (Å²) in [7, 11) is 1.95. The molecule has 0 saturated heterocycles. The Morgan fingerprint density at radius 2 is 2.42 bits per heavy atom. The monoisotopic (exact) mass is 168 g/mol. The average molecular weight is 168 g/mol. The summed E-state index contributed by atoms with van der Waals surface area (Å²) < 4.78 is 5.18. The van der Waals surface area contributed by atoms with E-state index in [1.165, 1.54) is 0 Å². The smallest absolute Gasteiger partial charge is 0.117 e. The number of likely N-dealkylation sites (N-methyl/N-ethyl adjacent to an activating group) is 1. The van der Waals surface area contributed by atoms with Crippen molar-refractivity contribution < 1.29 is 4.42 Å². The lowest BCUT2D eigenvalue weighted by Gasteiger charge is -2.11. The molecule has 68 valence electrons. The van der Waals surface area contributed by atoms with Crippen LogP contribution in [0.15, 0.2) is 22.8 Å². The second-order valence-electron chi connectivity index (χ2n) is 2.92. The first kappa shape index (κ1) is 9.29. The SMILES string of the molecule is CNCC(C)NCc1ccco1. The van der Waals surface area contributed by atoms with Crippen LogP contribution in [-0.4, -0.2) is 19.6 Å². The van der Waals surface area contributed by atoms with Crippen LogP contribution in [0.25, 0.3) is 0 Å². The number of furan rings is 1. The summed E-state index contributed by atoms with van der Waals surface area (Å²) in [5.74, 6) is 0.984. The molecule has 1 heterocycles. The van der Waals surface area contributed by atoms with Gasteiger partial charge in [-0.3, -0.25) is 0 Å². The Labute approximate surface area is 73.2 Å². The van der Waals surface area contributed by atoms with Crippen molar-refractivity contribution in [3.63, 3.8) is 0 Å². The summed E-state index contributed by atoms with van der Waals surface area (Å²) in [5, 5.41) is 6.43. The minimum Gasteiger partial charge on any atom is -0.468 e. The van der Waals surface area contributed by atoms with Crippen molar-refractivity contribution in [2.24, 2.45) is 0 Å². The fourth-order valence-corrected chi connectivity index (χ4v) is 1.07. The van der Waals surface area contributed by atoms with Gasteiger partial charge in [-0.1, -0.05) is 0 Å². The van der Waals surface area contributed by atoms with E-state index in [4.69, 9.17) is 4.42 Å². The van der Waals surface area contributed by atoms with Crippen LogP contribution < -0.4 is 10.6 Å². The Balaban J connectivity index is 2.17. The van der Waals surface area contributed by atoms with E-state index in [0.29, 0.717) is 6.04 Å². The molecule has 0 aromatic carbocycles. The summed E-state index contributed by atoms with van der Waals surface area (Å²) in [6.07, 6.45) is 1.69. The molecule has 3 nitrogen and oxygen atoms in total. The minimum atomic E-state index is 0.472. The van der Waals surface area contributed by atoms with E-state index in [-0.39, 0.29) is 0 Å². The van der Waals surface area contributed by atoms with Crippen LogP contribution in [0.2, 0.25) is 0 Å². The number of nitrogens with one attached hydrogen (secondary N) is 2. The van der Waals surface area contributed by atoms with Crippen LogP contribution >= 0.6 is 0 Å². The zero-order valence-electron chi connectivity index (χ0n) is 7.63. The molecule has 1 rings (SSSR count). The lowest BCUT2D eigenvalue weighted by Crippen LogP contribution is -2.34. The fraction of sp³-hybridized carbons (Fsp3) is 0.556. The number of hydrogen-bond acceptors (Lipinski definition) is 3. The topological polar surface area (TPSA) is 37.2 Å². The third kappa shape index (κ3) is 3.07. The summed E-state index contributed by atoms with van der Waals surface area (Å²) in [6, 6.07) is 4.35. The predicted molar refractivity (Wildman–Crippen MR) is 48.9 cm³/mol. The van der Waals surface area contributed by atoms with E-state index in [2.05, 4.69) is 17.6 Å². The molecule has 0 amide bonds. The molecular formula is C9H16N2O. The van der Waals surface area contributed by atoms with Gasteiger partial charge in [0.05, 0.1) is 12.8 Å². The second kappa shape index (κ2) is 4.95. The van der Waals surface area contributed by atoms with Crippen LogP contribution in [0.3, 0.4) is 0 Å². The van der Waals surface area contributed by atoms with Gasteiger partial charge in [0.1, 0.15) is 5.76 Å². The molecule has 0 aliphatic heterocycles. The highest BCUT2D eigenvalue weighted by atomic mass is 16.3. The molecule has 1 unspecified atom stereocenters. The van der Waals surface area contributed by atoms with Gasteiger partial charge in [0.2, 0.25) is 0 Å². The van der Waals surface area contributed by atoms with E-state index < -0.39 is 0 Å². The zero-order chi connectivity index (χ0) is 8.81. The van der Waals surface area contributed by atoms with Crippen LogP contribution in [0.5, 0.6) is 0 Å². The normalized spacial score (nSPS) is 13.2. The van der Waals surface area contributed by atoms with Crippen molar-refractivity contribution in [3.05, 3.63) is 24.2 Å². The van der Waals surface area contributed by atoms with E-state index in [1.807, 2.05) is 19.2 Å². The molecule has 0 aliphatic carbocycles. The summed E-state index contributed by atoms with van der Waals surface area (Å²) in [6.45, 7) is 3.91. The Morgan fingerprint density at radius 1 is 1.58 bits per heavy atom. The molecular weight excluding hydrogens is 152 g/mol. The van der Waals surface area contributed by atoms with Gasteiger partial charge in [0.15, 0.2) is 0 Å². The largest absolute Gasteiger partial charge is 0.468 e. The van der Waals surface area contributed by atoms with Crippen LogP contribution in [0, 0.1) is 0 Å². The molecule has 0 bridgehead atoms. The van der Waals surface area contributed by atoms with Gasteiger partial charge in [-0.25, -0.2) is 0 Å². The third-order valence-electron chi connectivity index (χ3n) is 1.72. The predicted octanol–water partition coefficient (Wildman–Crippen LogP) is 0.977. The molecule has 0 fully saturated rings. The van der Waals surface area contributed by atoms with Gasteiger partial charge < -0.3 is 15.1 Å². The molecule has 0 spiro atoms. The standard InChI is InChI=1S/C9H16N2O/c1-8(6-10-2)11-7-9-4-3-5-12-9/h3-5,8,10-11H,6-7H2,1-2H3. The molecule has 12 heavy (non-hydrogen) atoms. The van der Waals surface area contributed by atoms with Crippen LogP contribution in [0.4, 0.5) is 0 Å². The molecule has 1 aromatic rings. The first-order valence-corrected chi connectivity index (χ1v) is 4.23. The maximum atomic E-state index is 5.18. The maximum absolute atomic E-state index is 5.18. The maximum Gasteiger partial charge on any atom is 0.117 e. The van der Waals surface area contributed by atoms with Gasteiger partial charge in [-0.05, 0) is 26.1 Å². The lowest BCUT2D eigenvalue weighted by atomic mass is 10.3. The third-order valence-corrected chi connectivity index (χ3v) is 1.72. The van der Waals surface area contributed by atoms with Crippen molar-refractivity contribution in [2.45, 2.75) is 19.5 Å². The fourth-order valence-electron chi connectivity index (χ4n) is 1.07. The summed E-state index contributed by atoms with van der Waals surface area (Å²) in [4.78, 5) is 0. The minimum absolute atomic E-state index is 0.472. The van der Waals surface area contributed by atoms with Gasteiger partial charge in [-0.15, -0.1) is 0 Å². The summed E-state index contributed by atoms with van der Waals surface area (Å²) in [5.41, 5.74) is 0. The molecule has 3 heteroatoms.